The maximum absolute atomic E-state index is 12.3. The van der Waals surface area contributed by atoms with Gasteiger partial charge < -0.3 is 4.90 Å². The molecule has 1 heterocycles. The number of nitrogens with zero attached hydrogens (tertiary/aromatic N) is 2. The molecule has 0 aliphatic rings. The van der Waals surface area contributed by atoms with Gasteiger partial charge in [0.15, 0.2) is 0 Å². The summed E-state index contributed by atoms with van der Waals surface area (Å²) in [4.78, 5) is 18.1. The Morgan fingerprint density at radius 2 is 1.74 bits per heavy atom. The highest BCUT2D eigenvalue weighted by Gasteiger charge is 2.12. The SMILES string of the molecule is CCN(Cc1ccccc1)C(=O)Cc1ccncc1. The molecule has 2 rings (SSSR count). The molecule has 0 N–H and O–H groups in total. The van der Waals surface area contributed by atoms with Crippen LogP contribution in [0.15, 0.2) is 54.9 Å². The lowest BCUT2D eigenvalue weighted by Crippen LogP contribution is -2.31. The highest BCUT2D eigenvalue weighted by molar-refractivity contribution is 5.78. The van der Waals surface area contributed by atoms with Crippen LogP contribution in [0.5, 0.6) is 0 Å². The standard InChI is InChI=1S/C16H18N2O/c1-2-18(13-15-6-4-3-5-7-15)16(19)12-14-8-10-17-11-9-14/h3-11H,2,12-13H2,1H3. The van der Waals surface area contributed by atoms with Crippen molar-refractivity contribution in [3.63, 3.8) is 0 Å². The van der Waals surface area contributed by atoms with Gasteiger partial charge in [0.25, 0.3) is 0 Å². The molecule has 0 unspecified atom stereocenters. The largest absolute Gasteiger partial charge is 0.338 e. The predicted molar refractivity (Wildman–Crippen MR) is 75.5 cm³/mol. The van der Waals surface area contributed by atoms with Gasteiger partial charge in [0, 0.05) is 25.5 Å². The zero-order valence-electron chi connectivity index (χ0n) is 11.1. The average Bonchev–Trinajstić information content (AvgIpc) is 2.47. The van der Waals surface area contributed by atoms with Gasteiger partial charge in [-0.05, 0) is 30.2 Å². The molecule has 2 aromatic rings. The molecule has 1 amide bonds. The second-order valence-corrected chi connectivity index (χ2v) is 4.43. The van der Waals surface area contributed by atoms with Crippen LogP contribution >= 0.6 is 0 Å². The van der Waals surface area contributed by atoms with E-state index in [1.807, 2.05) is 54.3 Å². The van der Waals surface area contributed by atoms with E-state index in [1.54, 1.807) is 12.4 Å². The normalized spacial score (nSPS) is 10.2. The first-order valence-corrected chi connectivity index (χ1v) is 6.50. The third-order valence-electron chi connectivity index (χ3n) is 3.06. The fraction of sp³-hybridized carbons (Fsp3) is 0.250. The minimum absolute atomic E-state index is 0.151. The molecule has 3 nitrogen and oxygen atoms in total. The molecular formula is C16H18N2O. The summed E-state index contributed by atoms with van der Waals surface area (Å²) in [5.74, 6) is 0.151. The second-order valence-electron chi connectivity index (χ2n) is 4.43. The quantitative estimate of drug-likeness (QED) is 0.822. The van der Waals surface area contributed by atoms with E-state index < -0.39 is 0 Å². The van der Waals surface area contributed by atoms with Crippen LogP contribution in [0.4, 0.5) is 0 Å². The van der Waals surface area contributed by atoms with E-state index in [-0.39, 0.29) is 5.91 Å². The molecular weight excluding hydrogens is 236 g/mol. The monoisotopic (exact) mass is 254 g/mol. The van der Waals surface area contributed by atoms with Gasteiger partial charge >= 0.3 is 0 Å². The summed E-state index contributed by atoms with van der Waals surface area (Å²) >= 11 is 0. The third kappa shape index (κ3) is 3.91. The predicted octanol–water partition coefficient (Wildman–Crippen LogP) is 2.67. The van der Waals surface area contributed by atoms with Crippen molar-refractivity contribution in [2.45, 2.75) is 19.9 Å². The Kier molecular flexibility index (Phi) is 4.67. The summed E-state index contributed by atoms with van der Waals surface area (Å²) in [6.07, 6.45) is 3.87. The van der Waals surface area contributed by atoms with E-state index >= 15 is 0 Å². The lowest BCUT2D eigenvalue weighted by Gasteiger charge is -2.21. The minimum Gasteiger partial charge on any atom is -0.338 e. The highest BCUT2D eigenvalue weighted by Crippen LogP contribution is 2.07. The molecule has 0 bridgehead atoms. The van der Waals surface area contributed by atoms with E-state index in [0.29, 0.717) is 13.0 Å². The molecule has 0 radical (unpaired) electrons. The van der Waals surface area contributed by atoms with Crippen LogP contribution in [0, 0.1) is 0 Å². The number of likely N-dealkylation sites (N-methyl/N-ethyl adjacent to an activating group) is 1. The molecule has 0 aliphatic carbocycles. The minimum atomic E-state index is 0.151. The Balaban J connectivity index is 2.00. The summed E-state index contributed by atoms with van der Waals surface area (Å²) in [6, 6.07) is 13.8. The summed E-state index contributed by atoms with van der Waals surface area (Å²) in [5, 5.41) is 0. The zero-order chi connectivity index (χ0) is 13.5. The summed E-state index contributed by atoms with van der Waals surface area (Å²) in [7, 11) is 0. The van der Waals surface area contributed by atoms with Crippen molar-refractivity contribution < 1.29 is 4.79 Å². The molecule has 98 valence electrons. The maximum Gasteiger partial charge on any atom is 0.227 e. The van der Waals surface area contributed by atoms with Crippen LogP contribution in [0.1, 0.15) is 18.1 Å². The van der Waals surface area contributed by atoms with E-state index in [4.69, 9.17) is 0 Å². The van der Waals surface area contributed by atoms with Crippen molar-refractivity contribution in [3.05, 3.63) is 66.0 Å². The molecule has 0 saturated heterocycles. The second kappa shape index (κ2) is 6.69. The fourth-order valence-corrected chi connectivity index (χ4v) is 1.97. The Bertz CT molecular complexity index is 511. The van der Waals surface area contributed by atoms with Gasteiger partial charge in [-0.3, -0.25) is 9.78 Å². The Hall–Kier alpha value is -2.16. The van der Waals surface area contributed by atoms with Gasteiger partial charge in [-0.15, -0.1) is 0 Å². The molecule has 0 fully saturated rings. The van der Waals surface area contributed by atoms with Crippen molar-refractivity contribution in [2.24, 2.45) is 0 Å². The highest BCUT2D eigenvalue weighted by atomic mass is 16.2. The van der Waals surface area contributed by atoms with E-state index in [0.717, 1.165) is 17.7 Å². The average molecular weight is 254 g/mol. The van der Waals surface area contributed by atoms with Gasteiger partial charge in [-0.25, -0.2) is 0 Å². The van der Waals surface area contributed by atoms with E-state index in [1.165, 1.54) is 0 Å². The van der Waals surface area contributed by atoms with Gasteiger partial charge in [-0.2, -0.15) is 0 Å². The number of amides is 1. The molecule has 1 aromatic carbocycles. The van der Waals surface area contributed by atoms with Gasteiger partial charge in [0.1, 0.15) is 0 Å². The van der Waals surface area contributed by atoms with Crippen LogP contribution in [0.3, 0.4) is 0 Å². The number of hydrogen-bond acceptors (Lipinski definition) is 2. The summed E-state index contributed by atoms with van der Waals surface area (Å²) < 4.78 is 0. The van der Waals surface area contributed by atoms with Crippen LogP contribution in [-0.4, -0.2) is 22.3 Å². The summed E-state index contributed by atoms with van der Waals surface area (Å²) in [5.41, 5.74) is 2.17. The number of rotatable bonds is 5. The van der Waals surface area contributed by atoms with E-state index in [9.17, 15) is 4.79 Å². The number of aromatic nitrogens is 1. The van der Waals surface area contributed by atoms with Gasteiger partial charge in [0.05, 0.1) is 6.42 Å². The molecule has 0 spiro atoms. The number of carbonyl (C=O) groups is 1. The maximum atomic E-state index is 12.3. The smallest absolute Gasteiger partial charge is 0.227 e. The van der Waals surface area contributed by atoms with Crippen molar-refractivity contribution in [1.82, 2.24) is 9.88 Å². The number of hydrogen-bond donors (Lipinski definition) is 0. The molecule has 1 aromatic heterocycles. The first-order valence-electron chi connectivity index (χ1n) is 6.50. The number of carbonyl (C=O) groups excluding carboxylic acids is 1. The van der Waals surface area contributed by atoms with Gasteiger partial charge in [0.2, 0.25) is 5.91 Å². The summed E-state index contributed by atoms with van der Waals surface area (Å²) in [6.45, 7) is 3.40. The van der Waals surface area contributed by atoms with Crippen LogP contribution in [0.2, 0.25) is 0 Å². The molecule has 0 atom stereocenters. The van der Waals surface area contributed by atoms with Crippen molar-refractivity contribution in [3.8, 4) is 0 Å². The van der Waals surface area contributed by atoms with Crippen molar-refractivity contribution >= 4 is 5.91 Å². The Morgan fingerprint density at radius 1 is 1.05 bits per heavy atom. The molecule has 0 saturated carbocycles. The lowest BCUT2D eigenvalue weighted by molar-refractivity contribution is -0.130. The third-order valence-corrected chi connectivity index (χ3v) is 3.06. The van der Waals surface area contributed by atoms with Crippen molar-refractivity contribution in [1.29, 1.82) is 0 Å². The van der Waals surface area contributed by atoms with Crippen LogP contribution in [0.25, 0.3) is 0 Å². The van der Waals surface area contributed by atoms with Crippen LogP contribution < -0.4 is 0 Å². The Morgan fingerprint density at radius 3 is 2.37 bits per heavy atom. The lowest BCUT2D eigenvalue weighted by atomic mass is 10.1. The zero-order valence-corrected chi connectivity index (χ0v) is 11.1. The van der Waals surface area contributed by atoms with Crippen molar-refractivity contribution in [2.75, 3.05) is 6.54 Å². The van der Waals surface area contributed by atoms with Gasteiger partial charge in [-0.1, -0.05) is 30.3 Å². The molecule has 3 heteroatoms. The Labute approximate surface area is 113 Å². The first-order chi connectivity index (χ1) is 9.29. The topological polar surface area (TPSA) is 33.2 Å². The molecule has 19 heavy (non-hydrogen) atoms. The molecule has 0 aliphatic heterocycles. The number of benzene rings is 1. The fourth-order valence-electron chi connectivity index (χ4n) is 1.97. The first kappa shape index (κ1) is 13.3. The van der Waals surface area contributed by atoms with Crippen LogP contribution in [-0.2, 0) is 17.8 Å². The number of pyridine rings is 1. The van der Waals surface area contributed by atoms with E-state index in [2.05, 4.69) is 4.98 Å².